The Kier molecular flexibility index (Phi) is 5.83. The molecule has 0 aromatic heterocycles. The Morgan fingerprint density at radius 1 is 1.00 bits per heavy atom. The van der Waals surface area contributed by atoms with Crippen LogP contribution in [0.5, 0.6) is 5.75 Å². The number of nitrogens with zero attached hydrogens (tertiary/aromatic N) is 2. The van der Waals surface area contributed by atoms with Gasteiger partial charge in [-0.15, -0.1) is 0 Å². The fourth-order valence-electron chi connectivity index (χ4n) is 2.01. The molecule has 22 heavy (non-hydrogen) atoms. The van der Waals surface area contributed by atoms with E-state index in [9.17, 15) is 4.39 Å². The number of aryl methyl sites for hydroxylation is 1. The maximum atomic E-state index is 13.8. The quantitative estimate of drug-likeness (QED) is 0.580. The molecule has 2 aromatic rings. The molecule has 2 rings (SSSR count). The highest BCUT2D eigenvalue weighted by Crippen LogP contribution is 2.12. The Balaban J connectivity index is 1.99. The predicted molar refractivity (Wildman–Crippen MR) is 88.6 cm³/mol. The minimum absolute atomic E-state index is 0.190. The fourth-order valence-corrected chi connectivity index (χ4v) is 2.01. The lowest BCUT2D eigenvalue weighted by molar-refractivity contribution is 0.415. The van der Waals surface area contributed by atoms with Crippen molar-refractivity contribution in [1.82, 2.24) is 0 Å². The molecule has 0 saturated carbocycles. The van der Waals surface area contributed by atoms with Crippen molar-refractivity contribution in [2.24, 2.45) is 10.2 Å². The molecule has 0 saturated heterocycles. The molecule has 0 atom stereocenters. The van der Waals surface area contributed by atoms with E-state index in [1.165, 1.54) is 6.07 Å². The summed E-state index contributed by atoms with van der Waals surface area (Å²) in [7, 11) is 1.62. The van der Waals surface area contributed by atoms with Crippen LogP contribution in [0.25, 0.3) is 0 Å². The number of rotatable bonds is 6. The summed E-state index contributed by atoms with van der Waals surface area (Å²) in [5.74, 6) is 0.605. The van der Waals surface area contributed by atoms with E-state index in [2.05, 4.69) is 10.2 Å². The minimum atomic E-state index is -0.190. The standard InChI is InChI=1S/C18H19FN2O/c1-3-4-16-8-5-15(11-18(16)19)13-21-20-12-14-6-9-17(22-2)10-7-14/h5-13H,3-4H2,1-2H3/b20-12+,21-13+. The van der Waals surface area contributed by atoms with E-state index in [1.54, 1.807) is 25.6 Å². The van der Waals surface area contributed by atoms with Crippen LogP contribution in [0.4, 0.5) is 4.39 Å². The topological polar surface area (TPSA) is 34.0 Å². The van der Waals surface area contributed by atoms with Crippen LogP contribution in [-0.4, -0.2) is 19.5 Å². The molecule has 4 heteroatoms. The largest absolute Gasteiger partial charge is 0.497 e. The monoisotopic (exact) mass is 298 g/mol. The average molecular weight is 298 g/mol. The first-order valence-corrected chi connectivity index (χ1v) is 7.22. The zero-order valence-electron chi connectivity index (χ0n) is 12.8. The zero-order chi connectivity index (χ0) is 15.8. The summed E-state index contributed by atoms with van der Waals surface area (Å²) in [5, 5.41) is 7.90. The number of hydrogen-bond donors (Lipinski definition) is 0. The lowest BCUT2D eigenvalue weighted by Gasteiger charge is -2.01. The number of halogens is 1. The molecule has 3 nitrogen and oxygen atoms in total. The van der Waals surface area contributed by atoms with Gasteiger partial charge in [0.05, 0.1) is 19.5 Å². The first-order chi connectivity index (χ1) is 10.7. The second-order valence-electron chi connectivity index (χ2n) is 4.86. The van der Waals surface area contributed by atoms with Crippen LogP contribution in [0.1, 0.15) is 30.0 Å². The highest BCUT2D eigenvalue weighted by molar-refractivity contribution is 5.82. The third kappa shape index (κ3) is 4.52. The van der Waals surface area contributed by atoms with Gasteiger partial charge in [-0.25, -0.2) is 4.39 Å². The van der Waals surface area contributed by atoms with Gasteiger partial charge in [-0.3, -0.25) is 0 Å². The Bertz CT molecular complexity index is 663. The number of ether oxygens (including phenoxy) is 1. The summed E-state index contributed by atoms with van der Waals surface area (Å²) in [5.41, 5.74) is 2.35. The predicted octanol–water partition coefficient (Wildman–Crippen LogP) is 4.24. The molecule has 0 bridgehead atoms. The molecule has 114 valence electrons. The summed E-state index contributed by atoms with van der Waals surface area (Å²) in [6.07, 6.45) is 4.85. The second-order valence-corrected chi connectivity index (χ2v) is 4.86. The van der Waals surface area contributed by atoms with Crippen LogP contribution in [-0.2, 0) is 6.42 Å². The molecule has 0 aliphatic heterocycles. The second kappa shape index (κ2) is 8.08. The molecule has 0 unspecified atom stereocenters. The van der Waals surface area contributed by atoms with E-state index < -0.39 is 0 Å². The summed E-state index contributed by atoms with van der Waals surface area (Å²) in [6.45, 7) is 2.03. The maximum Gasteiger partial charge on any atom is 0.127 e. The van der Waals surface area contributed by atoms with Crippen LogP contribution in [0, 0.1) is 5.82 Å². The van der Waals surface area contributed by atoms with Crippen molar-refractivity contribution in [1.29, 1.82) is 0 Å². The zero-order valence-corrected chi connectivity index (χ0v) is 12.8. The molecule has 0 amide bonds. The van der Waals surface area contributed by atoms with E-state index in [0.717, 1.165) is 29.7 Å². The smallest absolute Gasteiger partial charge is 0.127 e. The summed E-state index contributed by atoms with van der Waals surface area (Å²) in [4.78, 5) is 0. The Morgan fingerprint density at radius 3 is 2.23 bits per heavy atom. The molecule has 0 radical (unpaired) electrons. The van der Waals surface area contributed by atoms with Gasteiger partial charge in [0.2, 0.25) is 0 Å². The normalized spacial score (nSPS) is 11.4. The highest BCUT2D eigenvalue weighted by Gasteiger charge is 2.01. The van der Waals surface area contributed by atoms with Crippen molar-refractivity contribution in [2.45, 2.75) is 19.8 Å². The molecular weight excluding hydrogens is 279 g/mol. The lowest BCUT2D eigenvalue weighted by Crippen LogP contribution is -1.92. The summed E-state index contributed by atoms with van der Waals surface area (Å²) >= 11 is 0. The van der Waals surface area contributed by atoms with Crippen LogP contribution < -0.4 is 4.74 Å². The Morgan fingerprint density at radius 2 is 1.64 bits per heavy atom. The minimum Gasteiger partial charge on any atom is -0.497 e. The van der Waals surface area contributed by atoms with Crippen molar-refractivity contribution >= 4 is 12.4 Å². The molecule has 0 spiro atoms. The van der Waals surface area contributed by atoms with E-state index in [-0.39, 0.29) is 5.82 Å². The van der Waals surface area contributed by atoms with Gasteiger partial charge in [-0.2, -0.15) is 10.2 Å². The molecule has 0 fully saturated rings. The number of methoxy groups -OCH3 is 1. The van der Waals surface area contributed by atoms with Gasteiger partial charge in [0.15, 0.2) is 0 Å². The van der Waals surface area contributed by atoms with E-state index in [1.807, 2.05) is 37.3 Å². The Labute approximate surface area is 130 Å². The van der Waals surface area contributed by atoms with Crippen molar-refractivity contribution in [3.05, 3.63) is 65.0 Å². The number of hydrogen-bond acceptors (Lipinski definition) is 3. The SMILES string of the molecule is CCCc1ccc(/C=N/N=C/c2ccc(OC)cc2)cc1F. The van der Waals surface area contributed by atoms with Gasteiger partial charge in [0, 0.05) is 0 Å². The lowest BCUT2D eigenvalue weighted by atomic mass is 10.1. The third-order valence-corrected chi connectivity index (χ3v) is 3.19. The molecule has 0 aliphatic carbocycles. The van der Waals surface area contributed by atoms with Crippen molar-refractivity contribution in [3.63, 3.8) is 0 Å². The van der Waals surface area contributed by atoms with Crippen LogP contribution in [0.15, 0.2) is 52.7 Å². The maximum absolute atomic E-state index is 13.8. The van der Waals surface area contributed by atoms with Gasteiger partial charge in [0.25, 0.3) is 0 Å². The van der Waals surface area contributed by atoms with Gasteiger partial charge < -0.3 is 4.74 Å². The average Bonchev–Trinajstić information content (AvgIpc) is 2.55. The molecular formula is C18H19FN2O. The number of benzene rings is 2. The van der Waals surface area contributed by atoms with Crippen LogP contribution >= 0.6 is 0 Å². The molecule has 0 heterocycles. The van der Waals surface area contributed by atoms with Gasteiger partial charge in [0.1, 0.15) is 11.6 Å². The van der Waals surface area contributed by atoms with Crippen LogP contribution in [0.2, 0.25) is 0 Å². The summed E-state index contributed by atoms with van der Waals surface area (Å²) < 4.78 is 18.9. The fraction of sp³-hybridized carbons (Fsp3) is 0.222. The highest BCUT2D eigenvalue weighted by atomic mass is 19.1. The van der Waals surface area contributed by atoms with Crippen molar-refractivity contribution in [2.75, 3.05) is 7.11 Å². The Hall–Kier alpha value is -2.49. The van der Waals surface area contributed by atoms with Gasteiger partial charge in [-0.05, 0) is 53.4 Å². The van der Waals surface area contributed by atoms with Crippen LogP contribution in [0.3, 0.4) is 0 Å². The van der Waals surface area contributed by atoms with E-state index in [0.29, 0.717) is 5.56 Å². The molecule has 2 aromatic carbocycles. The van der Waals surface area contributed by atoms with E-state index in [4.69, 9.17) is 4.74 Å². The molecule has 0 aliphatic rings. The van der Waals surface area contributed by atoms with Gasteiger partial charge in [-0.1, -0.05) is 25.5 Å². The first-order valence-electron chi connectivity index (χ1n) is 7.22. The van der Waals surface area contributed by atoms with Crippen molar-refractivity contribution < 1.29 is 9.13 Å². The summed E-state index contributed by atoms with van der Waals surface area (Å²) in [6, 6.07) is 12.6. The van der Waals surface area contributed by atoms with Gasteiger partial charge >= 0.3 is 0 Å². The van der Waals surface area contributed by atoms with Crippen molar-refractivity contribution in [3.8, 4) is 5.75 Å². The third-order valence-electron chi connectivity index (χ3n) is 3.19. The first kappa shape index (κ1) is 15.9. The van der Waals surface area contributed by atoms with E-state index >= 15 is 0 Å². The molecule has 0 N–H and O–H groups in total.